The molecule has 4 rings (SSSR count). The van der Waals surface area contributed by atoms with Gasteiger partial charge in [0.25, 0.3) is 0 Å². The summed E-state index contributed by atoms with van der Waals surface area (Å²) in [7, 11) is 2.14. The lowest BCUT2D eigenvalue weighted by atomic mass is 9.89. The SMILES string of the molecule is CCc1cc(NC(=O)C(=O)N2C[C@@H](C)CC[C@@H]2c2cccc(OC[C@H]3CCCN3C)c2)cnc1N. The number of benzene rings is 1. The predicted octanol–water partition coefficient (Wildman–Crippen LogP) is 3.64. The Morgan fingerprint density at radius 1 is 1.23 bits per heavy atom. The molecule has 0 spiro atoms. The Morgan fingerprint density at radius 3 is 2.80 bits per heavy atom. The number of carbonyl (C=O) groups excluding carboxylic acids is 2. The lowest BCUT2D eigenvalue weighted by Gasteiger charge is -2.38. The molecule has 2 aliphatic rings. The Morgan fingerprint density at radius 2 is 2.06 bits per heavy atom. The molecule has 0 unspecified atom stereocenters. The van der Waals surface area contributed by atoms with Gasteiger partial charge in [-0.1, -0.05) is 26.0 Å². The van der Waals surface area contributed by atoms with Crippen LogP contribution < -0.4 is 15.8 Å². The number of hydrogen-bond donors (Lipinski definition) is 2. The van der Waals surface area contributed by atoms with Crippen molar-refractivity contribution in [2.45, 2.75) is 58.0 Å². The summed E-state index contributed by atoms with van der Waals surface area (Å²) in [5.41, 5.74) is 8.18. The summed E-state index contributed by atoms with van der Waals surface area (Å²) in [5, 5.41) is 2.72. The van der Waals surface area contributed by atoms with E-state index in [1.165, 1.54) is 12.6 Å². The molecule has 2 aliphatic heterocycles. The molecular formula is C27H37N5O3. The molecule has 0 saturated carbocycles. The topological polar surface area (TPSA) is 101 Å². The van der Waals surface area contributed by atoms with E-state index in [1.807, 2.05) is 31.2 Å². The number of anilines is 2. The Labute approximate surface area is 207 Å². The molecule has 188 valence electrons. The summed E-state index contributed by atoms with van der Waals surface area (Å²) in [5.74, 6) is 0.372. The Hall–Kier alpha value is -3.13. The van der Waals surface area contributed by atoms with Crippen molar-refractivity contribution in [2.75, 3.05) is 37.8 Å². The zero-order valence-electron chi connectivity index (χ0n) is 21.0. The number of nitrogens with one attached hydrogen (secondary N) is 1. The van der Waals surface area contributed by atoms with Crippen LogP contribution in [0.15, 0.2) is 36.5 Å². The molecule has 2 amide bonds. The van der Waals surface area contributed by atoms with Gasteiger partial charge in [0.1, 0.15) is 18.2 Å². The van der Waals surface area contributed by atoms with Gasteiger partial charge < -0.3 is 25.6 Å². The van der Waals surface area contributed by atoms with E-state index in [4.69, 9.17) is 10.5 Å². The first kappa shape index (κ1) is 25.0. The Kier molecular flexibility index (Phi) is 7.90. The highest BCUT2D eigenvalue weighted by Gasteiger charge is 2.34. The molecule has 35 heavy (non-hydrogen) atoms. The number of piperidine rings is 1. The van der Waals surface area contributed by atoms with Crippen LogP contribution >= 0.6 is 0 Å². The monoisotopic (exact) mass is 479 g/mol. The fourth-order valence-electron chi connectivity index (χ4n) is 5.10. The molecule has 3 atom stereocenters. The van der Waals surface area contributed by atoms with Crippen LogP contribution in [0.25, 0.3) is 0 Å². The largest absolute Gasteiger partial charge is 0.492 e. The molecule has 0 aliphatic carbocycles. The van der Waals surface area contributed by atoms with Crippen LogP contribution in [0, 0.1) is 5.92 Å². The molecule has 3 N–H and O–H groups in total. The van der Waals surface area contributed by atoms with Crippen molar-refractivity contribution in [2.24, 2.45) is 5.92 Å². The van der Waals surface area contributed by atoms with Gasteiger partial charge in [0.15, 0.2) is 0 Å². The molecule has 8 nitrogen and oxygen atoms in total. The summed E-state index contributed by atoms with van der Waals surface area (Å²) in [6.45, 7) is 6.38. The normalized spacial score (nSPS) is 22.7. The number of aromatic nitrogens is 1. The minimum absolute atomic E-state index is 0.169. The van der Waals surface area contributed by atoms with Gasteiger partial charge in [-0.3, -0.25) is 9.59 Å². The number of aryl methyl sites for hydroxylation is 1. The highest BCUT2D eigenvalue weighted by Crippen LogP contribution is 2.35. The number of nitrogen functional groups attached to an aromatic ring is 1. The van der Waals surface area contributed by atoms with E-state index in [-0.39, 0.29) is 6.04 Å². The van der Waals surface area contributed by atoms with Crippen molar-refractivity contribution < 1.29 is 14.3 Å². The summed E-state index contributed by atoms with van der Waals surface area (Å²) in [6, 6.07) is 10.0. The predicted molar refractivity (Wildman–Crippen MR) is 137 cm³/mol. The molecular weight excluding hydrogens is 442 g/mol. The van der Waals surface area contributed by atoms with E-state index < -0.39 is 11.8 Å². The maximum Gasteiger partial charge on any atom is 0.313 e. The van der Waals surface area contributed by atoms with E-state index in [0.29, 0.717) is 43.0 Å². The van der Waals surface area contributed by atoms with Crippen LogP contribution in [0.4, 0.5) is 11.5 Å². The minimum atomic E-state index is -0.658. The van der Waals surface area contributed by atoms with Gasteiger partial charge in [-0.15, -0.1) is 0 Å². The quantitative estimate of drug-likeness (QED) is 0.614. The van der Waals surface area contributed by atoms with Crippen LogP contribution in [0.2, 0.25) is 0 Å². The van der Waals surface area contributed by atoms with E-state index in [2.05, 4.69) is 29.2 Å². The average molecular weight is 480 g/mol. The second-order valence-electron chi connectivity index (χ2n) is 9.89. The first-order valence-electron chi connectivity index (χ1n) is 12.6. The second-order valence-corrected chi connectivity index (χ2v) is 9.89. The number of rotatable bonds is 6. The number of likely N-dealkylation sites (tertiary alicyclic amines) is 2. The summed E-state index contributed by atoms with van der Waals surface area (Å²) in [4.78, 5) is 34.4. The van der Waals surface area contributed by atoms with Crippen LogP contribution in [0.3, 0.4) is 0 Å². The fourth-order valence-corrected chi connectivity index (χ4v) is 5.10. The zero-order valence-corrected chi connectivity index (χ0v) is 21.0. The van der Waals surface area contributed by atoms with Gasteiger partial charge in [-0.25, -0.2) is 4.98 Å². The molecule has 0 radical (unpaired) electrons. The second kappa shape index (κ2) is 11.1. The van der Waals surface area contributed by atoms with Crippen molar-refractivity contribution in [3.8, 4) is 5.75 Å². The lowest BCUT2D eigenvalue weighted by molar-refractivity contribution is -0.146. The van der Waals surface area contributed by atoms with E-state index in [1.54, 1.807) is 11.0 Å². The van der Waals surface area contributed by atoms with Gasteiger partial charge >= 0.3 is 11.8 Å². The number of amides is 2. The maximum absolute atomic E-state index is 13.3. The van der Waals surface area contributed by atoms with Gasteiger partial charge in [0.2, 0.25) is 0 Å². The Bertz CT molecular complexity index is 1060. The molecule has 8 heteroatoms. The van der Waals surface area contributed by atoms with Crippen molar-refractivity contribution in [1.82, 2.24) is 14.8 Å². The highest BCUT2D eigenvalue weighted by molar-refractivity contribution is 6.39. The molecule has 3 heterocycles. The molecule has 0 bridgehead atoms. The van der Waals surface area contributed by atoms with Gasteiger partial charge in [0, 0.05) is 12.6 Å². The number of hydrogen-bond acceptors (Lipinski definition) is 6. The zero-order chi connectivity index (χ0) is 24.9. The number of nitrogens with two attached hydrogens (primary N) is 1. The smallest absolute Gasteiger partial charge is 0.313 e. The highest BCUT2D eigenvalue weighted by atomic mass is 16.5. The fraction of sp³-hybridized carbons (Fsp3) is 0.519. The first-order valence-corrected chi connectivity index (χ1v) is 12.6. The number of ether oxygens (including phenoxy) is 1. The van der Waals surface area contributed by atoms with Gasteiger partial charge in [-0.2, -0.15) is 0 Å². The number of nitrogens with zero attached hydrogens (tertiary/aromatic N) is 3. The summed E-state index contributed by atoms with van der Waals surface area (Å²) in [6.07, 6.45) is 6.33. The van der Waals surface area contributed by atoms with Gasteiger partial charge in [0.05, 0.1) is 17.9 Å². The number of pyridine rings is 1. The van der Waals surface area contributed by atoms with E-state index in [9.17, 15) is 9.59 Å². The van der Waals surface area contributed by atoms with Crippen LogP contribution in [-0.4, -0.2) is 59.4 Å². The van der Waals surface area contributed by atoms with Crippen molar-refractivity contribution in [3.05, 3.63) is 47.7 Å². The summed E-state index contributed by atoms with van der Waals surface area (Å²) < 4.78 is 6.13. The van der Waals surface area contributed by atoms with E-state index in [0.717, 1.165) is 42.7 Å². The number of likely N-dealkylation sites (N-methyl/N-ethyl adjacent to an activating group) is 1. The molecule has 1 aromatic carbocycles. The van der Waals surface area contributed by atoms with Crippen LogP contribution in [-0.2, 0) is 16.0 Å². The van der Waals surface area contributed by atoms with E-state index >= 15 is 0 Å². The molecule has 1 aromatic heterocycles. The average Bonchev–Trinajstić information content (AvgIpc) is 3.28. The molecule has 2 fully saturated rings. The summed E-state index contributed by atoms with van der Waals surface area (Å²) >= 11 is 0. The van der Waals surface area contributed by atoms with Crippen LogP contribution in [0.1, 0.15) is 56.7 Å². The van der Waals surface area contributed by atoms with Gasteiger partial charge in [-0.05, 0) is 80.9 Å². The third-order valence-electron chi connectivity index (χ3n) is 7.27. The Balaban J connectivity index is 1.47. The number of carbonyl (C=O) groups is 2. The van der Waals surface area contributed by atoms with Crippen LogP contribution in [0.5, 0.6) is 5.75 Å². The third-order valence-corrected chi connectivity index (χ3v) is 7.27. The first-order chi connectivity index (χ1) is 16.9. The van der Waals surface area contributed by atoms with Crippen molar-refractivity contribution in [3.63, 3.8) is 0 Å². The van der Waals surface area contributed by atoms with Crippen molar-refractivity contribution >= 4 is 23.3 Å². The molecule has 2 saturated heterocycles. The molecule has 2 aromatic rings. The third kappa shape index (κ3) is 5.93. The minimum Gasteiger partial charge on any atom is -0.492 e. The standard InChI is InChI=1S/C27H37N5O3/c1-4-19-13-21(15-29-25(19)28)30-26(33)27(34)32-16-18(2)10-11-24(32)20-7-5-9-23(14-20)35-17-22-8-6-12-31(22)3/h5,7,9,13-15,18,22,24H,4,6,8,10-12,16-17H2,1-3H3,(H2,28,29)(H,30,33)/t18-,22+,24+/m0/s1. The van der Waals surface area contributed by atoms with Crippen molar-refractivity contribution in [1.29, 1.82) is 0 Å². The maximum atomic E-state index is 13.3. The lowest BCUT2D eigenvalue weighted by Crippen LogP contribution is -2.46.